The van der Waals surface area contributed by atoms with Crippen LogP contribution in [-0.2, 0) is 90.5 Å². The van der Waals surface area contributed by atoms with Gasteiger partial charge in [-0.25, -0.2) is 0 Å². The highest BCUT2D eigenvalue weighted by Gasteiger charge is 2.58. The first-order valence-electron chi connectivity index (χ1n) is 26.6. The number of carbonyl (C=O) groups excluding carboxylic acids is 8. The number of ether oxygens (including phenoxy) is 11. The lowest BCUT2D eigenvalue weighted by atomic mass is 9.96. The smallest absolute Gasteiger partial charge is 0.306 e. The average Bonchev–Trinajstić information content (AvgIpc) is 3.35. The standard InChI is InChI=1S/C52H86O19/c1-9-17-25-37(53)61-33-35-45(65-39(55)27-19-11-3)47(67-41(57)29-21-13-5)49(69-43(59)31-23-15-7)51(63-35)71-52-50(70-44(60)32-24-16-8)48(68-42(58)30-22-14-6)46(66-40(56)28-20-12-4)36(64-52)34-62-38(54)26-18-10-2/h35-36,45-52H,9-34H2,1-8H3/t35-,36-,45-,46-,47+,48+,49-,50-,51-,52-/m1/s1. The van der Waals surface area contributed by atoms with Crippen molar-refractivity contribution >= 4 is 47.8 Å². The lowest BCUT2D eigenvalue weighted by Crippen LogP contribution is -2.67. The van der Waals surface area contributed by atoms with Gasteiger partial charge >= 0.3 is 47.8 Å². The summed E-state index contributed by atoms with van der Waals surface area (Å²) in [4.78, 5) is 108. The van der Waals surface area contributed by atoms with E-state index in [9.17, 15) is 38.4 Å². The van der Waals surface area contributed by atoms with Crippen LogP contribution in [0.25, 0.3) is 0 Å². The Morgan fingerprint density at radius 1 is 0.296 bits per heavy atom. The van der Waals surface area contributed by atoms with Gasteiger partial charge in [0, 0.05) is 51.4 Å². The van der Waals surface area contributed by atoms with Gasteiger partial charge in [-0.2, -0.15) is 0 Å². The zero-order chi connectivity index (χ0) is 52.6. The van der Waals surface area contributed by atoms with Crippen LogP contribution in [0.2, 0.25) is 0 Å². The third-order valence-corrected chi connectivity index (χ3v) is 11.7. The summed E-state index contributed by atoms with van der Waals surface area (Å²) in [6.45, 7) is 14.0. The Kier molecular flexibility index (Phi) is 32.3. The number of hydrogen-bond donors (Lipinski definition) is 0. The Labute approximate surface area is 421 Å². The minimum absolute atomic E-state index is 0.0264. The molecule has 2 aliphatic heterocycles. The predicted molar refractivity (Wildman–Crippen MR) is 256 cm³/mol. The van der Waals surface area contributed by atoms with E-state index in [2.05, 4.69) is 0 Å². The summed E-state index contributed by atoms with van der Waals surface area (Å²) in [7, 11) is 0. The van der Waals surface area contributed by atoms with E-state index < -0.39 is 122 Å². The second-order valence-corrected chi connectivity index (χ2v) is 18.1. The molecular formula is C52H86O19. The van der Waals surface area contributed by atoms with Gasteiger partial charge in [0.15, 0.2) is 36.6 Å². The van der Waals surface area contributed by atoms with Gasteiger partial charge in [0.25, 0.3) is 0 Å². The quantitative estimate of drug-likeness (QED) is 0.0422. The number of carbonyl (C=O) groups is 8. The molecule has 2 saturated heterocycles. The van der Waals surface area contributed by atoms with Gasteiger partial charge in [0.1, 0.15) is 25.4 Å². The lowest BCUT2D eigenvalue weighted by Gasteiger charge is -2.48. The Morgan fingerprint density at radius 2 is 0.507 bits per heavy atom. The van der Waals surface area contributed by atoms with E-state index in [1.54, 1.807) is 0 Å². The monoisotopic (exact) mass is 1010 g/mol. The molecule has 0 bridgehead atoms. The van der Waals surface area contributed by atoms with Gasteiger partial charge in [-0.3, -0.25) is 38.4 Å². The molecule has 2 rings (SSSR count). The summed E-state index contributed by atoms with van der Waals surface area (Å²) in [6.07, 6.45) is -7.71. The van der Waals surface area contributed by atoms with Crippen LogP contribution in [0.4, 0.5) is 0 Å². The molecule has 2 fully saturated rings. The summed E-state index contributed by atoms with van der Waals surface area (Å²) in [5.41, 5.74) is 0. The van der Waals surface area contributed by atoms with Gasteiger partial charge in [-0.1, -0.05) is 107 Å². The van der Waals surface area contributed by atoms with Crippen molar-refractivity contribution in [2.75, 3.05) is 13.2 Å². The van der Waals surface area contributed by atoms with Crippen molar-refractivity contribution in [3.05, 3.63) is 0 Å². The number of esters is 8. The van der Waals surface area contributed by atoms with Crippen molar-refractivity contribution in [3.63, 3.8) is 0 Å². The molecule has 2 heterocycles. The van der Waals surface area contributed by atoms with Crippen molar-refractivity contribution in [3.8, 4) is 0 Å². The number of unbranched alkanes of at least 4 members (excludes halogenated alkanes) is 8. The minimum atomic E-state index is -1.84. The Bertz CT molecular complexity index is 1490. The zero-order valence-corrected chi connectivity index (χ0v) is 43.9. The van der Waals surface area contributed by atoms with E-state index in [1.807, 2.05) is 55.4 Å². The SMILES string of the molecule is CCCCC(=O)OC[C@H]1O[C@H](O[C@H]2O[C@H](COC(=O)CCCC)[C@@H](OC(=O)CCCC)[C@H](OC(=O)CCCC)[C@H]2OC(=O)CCCC)[C@H](OC(=O)CCCC)[C@@H](OC(=O)CCCC)[C@@H]1OC(=O)CCCC. The molecule has 0 amide bonds. The van der Waals surface area contributed by atoms with Crippen LogP contribution in [-0.4, -0.2) is 122 Å². The molecule has 408 valence electrons. The van der Waals surface area contributed by atoms with E-state index in [1.165, 1.54) is 0 Å². The first-order chi connectivity index (χ1) is 34.2. The van der Waals surface area contributed by atoms with Crippen molar-refractivity contribution in [1.82, 2.24) is 0 Å². The highest BCUT2D eigenvalue weighted by molar-refractivity contribution is 5.73. The Balaban J connectivity index is 2.99. The summed E-state index contributed by atoms with van der Waals surface area (Å²) in [5.74, 6) is -5.52. The maximum absolute atomic E-state index is 13.7. The molecule has 0 unspecified atom stereocenters. The molecule has 0 N–H and O–H groups in total. The second-order valence-electron chi connectivity index (χ2n) is 18.1. The number of rotatable bonds is 36. The van der Waals surface area contributed by atoms with Crippen LogP contribution >= 0.6 is 0 Å². The Hall–Kier alpha value is -4.36. The fourth-order valence-corrected chi connectivity index (χ4v) is 7.51. The second kappa shape index (κ2) is 36.5. The molecule has 19 heteroatoms. The number of hydrogen-bond acceptors (Lipinski definition) is 19. The van der Waals surface area contributed by atoms with Crippen LogP contribution in [0.5, 0.6) is 0 Å². The fourth-order valence-electron chi connectivity index (χ4n) is 7.51. The third kappa shape index (κ3) is 23.8. The first kappa shape index (κ1) is 62.8. The summed E-state index contributed by atoms with van der Waals surface area (Å²) in [5, 5.41) is 0. The predicted octanol–water partition coefficient (Wildman–Crippen LogP) is 8.53. The molecule has 0 aromatic carbocycles. The molecular weight excluding hydrogens is 929 g/mol. The topological polar surface area (TPSA) is 238 Å². The van der Waals surface area contributed by atoms with E-state index in [0.29, 0.717) is 103 Å². The van der Waals surface area contributed by atoms with Crippen LogP contribution in [0, 0.1) is 0 Å². The average molecular weight is 1020 g/mol. The van der Waals surface area contributed by atoms with Gasteiger partial charge in [-0.15, -0.1) is 0 Å². The molecule has 71 heavy (non-hydrogen) atoms. The van der Waals surface area contributed by atoms with Crippen molar-refractivity contribution in [1.29, 1.82) is 0 Å². The normalized spacial score (nSPS) is 23.9. The zero-order valence-electron chi connectivity index (χ0n) is 43.9. The van der Waals surface area contributed by atoms with E-state index in [-0.39, 0.29) is 51.4 Å². The Morgan fingerprint density at radius 3 is 0.746 bits per heavy atom. The van der Waals surface area contributed by atoms with Crippen molar-refractivity contribution in [2.45, 2.75) is 271 Å². The van der Waals surface area contributed by atoms with Gasteiger partial charge < -0.3 is 52.1 Å². The fraction of sp³-hybridized carbons (Fsp3) is 0.846. The molecule has 19 nitrogen and oxygen atoms in total. The molecule has 0 aromatic rings. The summed E-state index contributed by atoms with van der Waals surface area (Å²) in [6, 6.07) is 0. The van der Waals surface area contributed by atoms with Crippen LogP contribution in [0.15, 0.2) is 0 Å². The molecule has 10 atom stereocenters. The van der Waals surface area contributed by atoms with Gasteiger partial charge in [-0.05, 0) is 51.4 Å². The summed E-state index contributed by atoms with van der Waals surface area (Å²) < 4.78 is 67.5. The highest BCUT2D eigenvalue weighted by atomic mass is 16.8. The van der Waals surface area contributed by atoms with E-state index >= 15 is 0 Å². The van der Waals surface area contributed by atoms with Crippen molar-refractivity contribution in [2.24, 2.45) is 0 Å². The van der Waals surface area contributed by atoms with Gasteiger partial charge in [0.2, 0.25) is 12.6 Å². The first-order valence-corrected chi connectivity index (χ1v) is 26.6. The molecule has 0 spiro atoms. The van der Waals surface area contributed by atoms with Crippen LogP contribution in [0.3, 0.4) is 0 Å². The lowest BCUT2D eigenvalue weighted by molar-refractivity contribution is -0.378. The van der Waals surface area contributed by atoms with Crippen LogP contribution in [0.1, 0.15) is 209 Å². The maximum Gasteiger partial charge on any atom is 0.306 e. The van der Waals surface area contributed by atoms with Crippen LogP contribution < -0.4 is 0 Å². The van der Waals surface area contributed by atoms with E-state index in [0.717, 1.165) is 0 Å². The highest BCUT2D eigenvalue weighted by Crippen LogP contribution is 2.36. The molecule has 2 aliphatic rings. The maximum atomic E-state index is 13.7. The van der Waals surface area contributed by atoms with E-state index in [4.69, 9.17) is 52.1 Å². The largest absolute Gasteiger partial charge is 0.463 e. The third-order valence-electron chi connectivity index (χ3n) is 11.7. The van der Waals surface area contributed by atoms with Crippen molar-refractivity contribution < 1.29 is 90.5 Å². The van der Waals surface area contributed by atoms with Gasteiger partial charge in [0.05, 0.1) is 0 Å². The minimum Gasteiger partial charge on any atom is -0.463 e. The molecule has 0 aliphatic carbocycles. The summed E-state index contributed by atoms with van der Waals surface area (Å²) >= 11 is 0. The molecule has 0 saturated carbocycles. The molecule has 0 radical (unpaired) electrons. The molecule has 0 aromatic heterocycles.